The van der Waals surface area contributed by atoms with Crippen LogP contribution in [0.3, 0.4) is 0 Å². The lowest BCUT2D eigenvalue weighted by Crippen LogP contribution is -2.50. The predicted octanol–water partition coefficient (Wildman–Crippen LogP) is 0.371. The van der Waals surface area contributed by atoms with Crippen LogP contribution in [0.5, 0.6) is 5.75 Å². The van der Waals surface area contributed by atoms with Gasteiger partial charge in [0.1, 0.15) is 5.75 Å². The van der Waals surface area contributed by atoms with Crippen LogP contribution in [-0.2, 0) is 9.59 Å². The zero-order valence-corrected chi connectivity index (χ0v) is 16.4. The molecule has 0 aliphatic carbocycles. The van der Waals surface area contributed by atoms with E-state index in [-0.39, 0.29) is 22.7 Å². The molecule has 0 spiro atoms. The van der Waals surface area contributed by atoms with Crippen LogP contribution in [0.1, 0.15) is 19.3 Å². The van der Waals surface area contributed by atoms with E-state index >= 15 is 0 Å². The highest BCUT2D eigenvalue weighted by atomic mass is 35.5. The predicted molar refractivity (Wildman–Crippen MR) is 107 cm³/mol. The van der Waals surface area contributed by atoms with E-state index in [0.717, 1.165) is 25.9 Å². The van der Waals surface area contributed by atoms with Crippen LogP contribution in [0, 0.1) is 0 Å². The molecule has 0 saturated carbocycles. The molecule has 0 unspecified atom stereocenters. The molecule has 2 aliphatic rings. The molecule has 150 valence electrons. The van der Waals surface area contributed by atoms with Crippen LogP contribution >= 0.6 is 11.6 Å². The maximum atomic E-state index is 12.9. The quantitative estimate of drug-likeness (QED) is 0.745. The van der Waals surface area contributed by atoms with E-state index in [9.17, 15) is 14.4 Å². The minimum atomic E-state index is -0.615. The number of hydrogen-bond acceptors (Lipinski definition) is 6. The Balaban J connectivity index is 1.80. The lowest BCUT2D eigenvalue weighted by atomic mass is 10.1. The van der Waals surface area contributed by atoms with E-state index in [2.05, 4.69) is 20.3 Å². The van der Waals surface area contributed by atoms with Crippen molar-refractivity contribution in [3.63, 3.8) is 0 Å². The normalized spacial score (nSPS) is 15.7. The van der Waals surface area contributed by atoms with Crippen molar-refractivity contribution in [2.45, 2.75) is 19.3 Å². The largest absolute Gasteiger partial charge is 0.495 e. The maximum Gasteiger partial charge on any atom is 0.262 e. The first-order valence-electron chi connectivity index (χ1n) is 9.11. The monoisotopic (exact) mass is 415 g/mol. The average Bonchev–Trinajstić information content (AvgIpc) is 3.22. The molecule has 2 aliphatic heterocycles. The summed E-state index contributed by atoms with van der Waals surface area (Å²) in [4.78, 5) is 50.7. The van der Waals surface area contributed by atoms with Crippen molar-refractivity contribution < 1.29 is 14.3 Å². The van der Waals surface area contributed by atoms with Crippen molar-refractivity contribution in [2.75, 3.05) is 30.4 Å². The third-order valence-electron chi connectivity index (χ3n) is 4.84. The molecule has 1 saturated heterocycles. The van der Waals surface area contributed by atoms with E-state index in [1.54, 1.807) is 12.1 Å². The van der Waals surface area contributed by atoms with Gasteiger partial charge in [-0.3, -0.25) is 19.4 Å². The Morgan fingerprint density at radius 2 is 2.03 bits per heavy atom. The maximum absolute atomic E-state index is 12.9. The molecule has 0 radical (unpaired) electrons. The highest BCUT2D eigenvalue weighted by Crippen LogP contribution is 2.28. The van der Waals surface area contributed by atoms with Gasteiger partial charge >= 0.3 is 0 Å². The number of nitrogens with zero attached hydrogens (tertiary/aromatic N) is 3. The lowest BCUT2D eigenvalue weighted by molar-refractivity contribution is -0.118. The van der Waals surface area contributed by atoms with E-state index in [4.69, 9.17) is 16.3 Å². The Labute approximate surface area is 170 Å². The third kappa shape index (κ3) is 3.73. The molecule has 0 bridgehead atoms. The van der Waals surface area contributed by atoms with Crippen LogP contribution < -0.4 is 31.2 Å². The summed E-state index contributed by atoms with van der Waals surface area (Å²) in [7, 11) is 1.46. The molecule has 3 heterocycles. The van der Waals surface area contributed by atoms with Crippen molar-refractivity contribution in [3.8, 4) is 5.75 Å². The molecule has 1 aromatic heterocycles. The number of fused-ring (bicyclic) bond motifs is 1. The number of aromatic nitrogens is 2. The van der Waals surface area contributed by atoms with Gasteiger partial charge in [0.05, 0.1) is 24.4 Å². The summed E-state index contributed by atoms with van der Waals surface area (Å²) in [6.45, 7) is 1.53. The third-order valence-corrected chi connectivity index (χ3v) is 5.07. The molecule has 0 atom stereocenters. The fraction of sp³-hybridized carbons (Fsp3) is 0.316. The summed E-state index contributed by atoms with van der Waals surface area (Å²) < 4.78 is 5.22. The van der Waals surface area contributed by atoms with Crippen LogP contribution in [0.4, 0.5) is 11.6 Å². The standard InChI is InChI=1S/C19H18ClN5O4/c1-29-13-5-4-10(20)8-12(13)21-17(27)11-9-14(26)22-16-15(11)18(28)24-19(23-16)25-6-2-3-7-25/h4-5,8H,2-3,6-7,9H2,1H3,(H,21,27)(H,22,23,24,26,28). The average molecular weight is 416 g/mol. The number of anilines is 2. The molecule has 2 amide bonds. The second kappa shape index (κ2) is 7.67. The number of halogens is 1. The zero-order valence-electron chi connectivity index (χ0n) is 15.6. The first-order chi connectivity index (χ1) is 14.0. The van der Waals surface area contributed by atoms with E-state index in [0.29, 0.717) is 22.4 Å². The van der Waals surface area contributed by atoms with Gasteiger partial charge in [0.25, 0.3) is 17.4 Å². The van der Waals surface area contributed by atoms with Gasteiger partial charge in [-0.15, -0.1) is 0 Å². The van der Waals surface area contributed by atoms with Gasteiger partial charge in [-0.2, -0.15) is 9.98 Å². The highest BCUT2D eigenvalue weighted by molar-refractivity contribution is 6.31. The molecule has 1 aromatic carbocycles. The Morgan fingerprint density at radius 3 is 2.76 bits per heavy atom. The molecule has 29 heavy (non-hydrogen) atoms. The molecular formula is C19H18ClN5O4. The Hall–Kier alpha value is -3.20. The van der Waals surface area contributed by atoms with Crippen molar-refractivity contribution in [1.82, 2.24) is 9.97 Å². The van der Waals surface area contributed by atoms with Crippen LogP contribution in [0.2, 0.25) is 5.02 Å². The fourth-order valence-electron chi connectivity index (χ4n) is 3.45. The van der Waals surface area contributed by atoms with Gasteiger partial charge in [-0.25, -0.2) is 0 Å². The smallest absolute Gasteiger partial charge is 0.262 e. The molecule has 10 heteroatoms. The van der Waals surface area contributed by atoms with Gasteiger partial charge in [0.15, 0.2) is 5.49 Å². The summed E-state index contributed by atoms with van der Waals surface area (Å²) in [5.74, 6) is -0.393. The van der Waals surface area contributed by atoms with Crippen molar-refractivity contribution in [1.29, 1.82) is 0 Å². The minimum absolute atomic E-state index is 0.00347. The molecule has 1 fully saturated rings. The van der Waals surface area contributed by atoms with Crippen molar-refractivity contribution >= 4 is 40.6 Å². The number of rotatable bonds is 4. The first kappa shape index (κ1) is 19.1. The van der Waals surface area contributed by atoms with Gasteiger partial charge in [0.2, 0.25) is 5.95 Å². The SMILES string of the molecule is COc1ccc(Cl)cc1NC(=O)C1=c2c(nc(N3CCCC3)[nH]c2=O)=NC(=O)C1. The second-order valence-electron chi connectivity index (χ2n) is 6.74. The zero-order chi connectivity index (χ0) is 20.5. The van der Waals surface area contributed by atoms with E-state index in [1.165, 1.54) is 13.2 Å². The second-order valence-corrected chi connectivity index (χ2v) is 7.18. The summed E-state index contributed by atoms with van der Waals surface area (Å²) in [5.41, 5.74) is -0.206. The number of aromatic amines is 1. The van der Waals surface area contributed by atoms with Crippen LogP contribution in [0.25, 0.3) is 5.57 Å². The number of nitrogens with one attached hydrogen (secondary N) is 2. The number of methoxy groups -OCH3 is 1. The minimum Gasteiger partial charge on any atom is -0.495 e. The summed E-state index contributed by atoms with van der Waals surface area (Å²) >= 11 is 6.00. The van der Waals surface area contributed by atoms with Gasteiger partial charge in [-0.1, -0.05) is 11.6 Å². The van der Waals surface area contributed by atoms with Crippen LogP contribution in [-0.4, -0.2) is 42.0 Å². The number of amides is 2. The van der Waals surface area contributed by atoms with E-state index in [1.807, 2.05) is 4.90 Å². The number of carbonyl (C=O) groups is 2. The highest BCUT2D eigenvalue weighted by Gasteiger charge is 2.24. The Kier molecular flexibility index (Phi) is 5.06. The number of hydrogen-bond donors (Lipinski definition) is 2. The Morgan fingerprint density at radius 1 is 1.28 bits per heavy atom. The summed E-state index contributed by atoms with van der Waals surface area (Å²) in [5, 5.41) is 3.06. The van der Waals surface area contributed by atoms with Crippen molar-refractivity contribution in [2.24, 2.45) is 4.99 Å². The molecule has 9 nitrogen and oxygen atoms in total. The van der Waals surface area contributed by atoms with Gasteiger partial charge < -0.3 is 15.0 Å². The number of H-pyrrole nitrogens is 1. The molecule has 2 N–H and O–H groups in total. The Bertz CT molecular complexity index is 1180. The summed E-state index contributed by atoms with van der Waals surface area (Å²) in [6, 6.07) is 4.75. The van der Waals surface area contributed by atoms with Crippen molar-refractivity contribution in [3.05, 3.63) is 44.3 Å². The summed E-state index contributed by atoms with van der Waals surface area (Å²) in [6.07, 6.45) is 1.70. The van der Waals surface area contributed by atoms with Gasteiger partial charge in [-0.05, 0) is 31.0 Å². The number of benzene rings is 1. The number of carbonyl (C=O) groups excluding carboxylic acids is 2. The molecule has 2 aromatic rings. The first-order valence-corrected chi connectivity index (χ1v) is 9.49. The fourth-order valence-corrected chi connectivity index (χ4v) is 3.62. The van der Waals surface area contributed by atoms with E-state index < -0.39 is 17.4 Å². The number of ether oxygens (including phenoxy) is 1. The molecular weight excluding hydrogens is 398 g/mol. The van der Waals surface area contributed by atoms with Gasteiger partial charge in [0, 0.05) is 23.7 Å². The topological polar surface area (TPSA) is 117 Å². The van der Waals surface area contributed by atoms with Crippen LogP contribution in [0.15, 0.2) is 28.0 Å². The lowest BCUT2D eigenvalue weighted by Gasteiger charge is -2.16. The molecule has 4 rings (SSSR count).